The van der Waals surface area contributed by atoms with Gasteiger partial charge in [-0.1, -0.05) is 5.10 Å². The Morgan fingerprint density at radius 1 is 1.50 bits per heavy atom. The Hall–Kier alpha value is -0.810. The van der Waals surface area contributed by atoms with Crippen molar-refractivity contribution in [3.05, 3.63) is 5.89 Å². The summed E-state index contributed by atoms with van der Waals surface area (Å²) in [7, 11) is 1.94. The van der Waals surface area contributed by atoms with E-state index in [4.69, 9.17) is 20.8 Å². The van der Waals surface area contributed by atoms with Gasteiger partial charge >= 0.3 is 6.01 Å². The summed E-state index contributed by atoms with van der Waals surface area (Å²) in [6.07, 6.45) is 2.33. The smallest absolute Gasteiger partial charge is 0.317 e. The topological polar surface area (TPSA) is 51.4 Å². The number of hydrogen-bond acceptors (Lipinski definition) is 5. The van der Waals surface area contributed by atoms with Gasteiger partial charge in [0, 0.05) is 26.1 Å². The van der Waals surface area contributed by atoms with Crippen molar-refractivity contribution in [1.29, 1.82) is 0 Å². The van der Waals surface area contributed by atoms with E-state index in [1.54, 1.807) is 0 Å². The fourth-order valence-electron chi connectivity index (χ4n) is 1.87. The summed E-state index contributed by atoms with van der Waals surface area (Å²) >= 11 is 5.60. The van der Waals surface area contributed by atoms with Gasteiger partial charge in [-0.15, -0.1) is 16.7 Å². The molecular formula is C10H16ClN3O2. The number of ether oxygens (including phenoxy) is 1. The van der Waals surface area contributed by atoms with Gasteiger partial charge in [-0.2, -0.15) is 0 Å². The molecule has 0 saturated carbocycles. The number of nitrogens with zero attached hydrogens (tertiary/aromatic N) is 3. The van der Waals surface area contributed by atoms with Crippen molar-refractivity contribution in [2.45, 2.75) is 18.7 Å². The van der Waals surface area contributed by atoms with E-state index in [1.807, 2.05) is 11.9 Å². The minimum atomic E-state index is 0.257. The first kappa shape index (κ1) is 11.7. The quantitative estimate of drug-likeness (QED) is 0.756. The number of halogens is 1. The molecule has 0 aliphatic carbocycles. The van der Waals surface area contributed by atoms with E-state index in [0.717, 1.165) is 26.2 Å². The van der Waals surface area contributed by atoms with Gasteiger partial charge in [0.25, 0.3) is 0 Å². The Morgan fingerprint density at radius 3 is 3.00 bits per heavy atom. The Bertz CT molecular complexity index is 326. The molecule has 1 unspecified atom stereocenters. The molecule has 0 spiro atoms. The zero-order valence-electron chi connectivity index (χ0n) is 9.36. The highest BCUT2D eigenvalue weighted by Crippen LogP contribution is 2.18. The van der Waals surface area contributed by atoms with Crippen LogP contribution in [0.15, 0.2) is 4.42 Å². The summed E-state index contributed by atoms with van der Waals surface area (Å²) in [5.74, 6) is 1.27. The van der Waals surface area contributed by atoms with Crippen LogP contribution in [0, 0.1) is 5.92 Å². The van der Waals surface area contributed by atoms with Crippen molar-refractivity contribution < 1.29 is 9.15 Å². The highest BCUT2D eigenvalue weighted by molar-refractivity contribution is 6.16. The molecule has 2 rings (SSSR count). The van der Waals surface area contributed by atoms with E-state index in [9.17, 15) is 0 Å². The van der Waals surface area contributed by atoms with Crippen molar-refractivity contribution >= 4 is 17.6 Å². The van der Waals surface area contributed by atoms with E-state index in [-0.39, 0.29) is 5.88 Å². The number of hydrogen-bond donors (Lipinski definition) is 0. The third-order valence-electron chi connectivity index (χ3n) is 2.68. The van der Waals surface area contributed by atoms with E-state index >= 15 is 0 Å². The maximum Gasteiger partial charge on any atom is 0.317 e. The van der Waals surface area contributed by atoms with Crippen LogP contribution in [0.1, 0.15) is 18.7 Å². The van der Waals surface area contributed by atoms with E-state index in [2.05, 4.69) is 10.2 Å². The first-order valence-corrected chi connectivity index (χ1v) is 6.00. The van der Waals surface area contributed by atoms with Crippen LogP contribution in [0.25, 0.3) is 0 Å². The Kier molecular flexibility index (Phi) is 4.01. The SMILES string of the molecule is CN(CC1CCCOC1)c1nnc(CCl)o1. The lowest BCUT2D eigenvalue weighted by Gasteiger charge is -2.25. The average Bonchev–Trinajstić information content (AvgIpc) is 2.79. The maximum atomic E-state index is 5.60. The maximum absolute atomic E-state index is 5.60. The lowest BCUT2D eigenvalue weighted by atomic mass is 10.0. The lowest BCUT2D eigenvalue weighted by molar-refractivity contribution is 0.0573. The van der Waals surface area contributed by atoms with Gasteiger partial charge in [-0.05, 0) is 12.8 Å². The highest BCUT2D eigenvalue weighted by Gasteiger charge is 2.18. The minimum Gasteiger partial charge on any atom is -0.407 e. The molecule has 0 amide bonds. The second kappa shape index (κ2) is 5.50. The van der Waals surface area contributed by atoms with Gasteiger partial charge in [0.2, 0.25) is 5.89 Å². The molecule has 5 nitrogen and oxygen atoms in total. The summed E-state index contributed by atoms with van der Waals surface area (Å²) in [6, 6.07) is 0.529. The zero-order chi connectivity index (χ0) is 11.4. The second-order valence-corrected chi connectivity index (χ2v) is 4.34. The predicted molar refractivity (Wildman–Crippen MR) is 60.7 cm³/mol. The van der Waals surface area contributed by atoms with Crippen molar-refractivity contribution in [2.75, 3.05) is 31.7 Å². The third-order valence-corrected chi connectivity index (χ3v) is 2.91. The normalized spacial score (nSPS) is 21.0. The van der Waals surface area contributed by atoms with Gasteiger partial charge in [0.15, 0.2) is 0 Å². The Morgan fingerprint density at radius 2 is 2.38 bits per heavy atom. The highest BCUT2D eigenvalue weighted by atomic mass is 35.5. The van der Waals surface area contributed by atoms with Crippen molar-refractivity contribution in [3.8, 4) is 0 Å². The molecule has 90 valence electrons. The van der Waals surface area contributed by atoms with Gasteiger partial charge in [0.1, 0.15) is 5.88 Å². The third kappa shape index (κ3) is 2.86. The zero-order valence-corrected chi connectivity index (χ0v) is 10.1. The van der Waals surface area contributed by atoms with Crippen LogP contribution in [0.2, 0.25) is 0 Å². The summed E-state index contributed by atoms with van der Waals surface area (Å²) in [5.41, 5.74) is 0. The van der Waals surface area contributed by atoms with Crippen LogP contribution in [0.5, 0.6) is 0 Å². The standard InChI is InChI=1S/C10H16ClN3O2/c1-14(6-8-3-2-4-15-7-8)10-13-12-9(5-11)16-10/h8H,2-7H2,1H3. The summed E-state index contributed by atoms with van der Waals surface area (Å²) in [5, 5.41) is 7.76. The summed E-state index contributed by atoms with van der Waals surface area (Å²) in [4.78, 5) is 1.96. The molecule has 2 heterocycles. The van der Waals surface area contributed by atoms with Crippen LogP contribution in [0.4, 0.5) is 6.01 Å². The molecule has 0 aromatic carbocycles. The fourth-order valence-corrected chi connectivity index (χ4v) is 1.98. The van der Waals surface area contributed by atoms with E-state index < -0.39 is 0 Å². The van der Waals surface area contributed by atoms with Gasteiger partial charge < -0.3 is 14.1 Å². The Balaban J connectivity index is 1.88. The molecule has 1 fully saturated rings. The number of rotatable bonds is 4. The van der Waals surface area contributed by atoms with Gasteiger partial charge in [-0.3, -0.25) is 0 Å². The largest absolute Gasteiger partial charge is 0.407 e. The monoisotopic (exact) mass is 245 g/mol. The average molecular weight is 246 g/mol. The van der Waals surface area contributed by atoms with Crippen LogP contribution in [-0.4, -0.2) is 37.0 Å². The molecular weight excluding hydrogens is 230 g/mol. The van der Waals surface area contributed by atoms with Crippen LogP contribution in [-0.2, 0) is 10.6 Å². The number of aromatic nitrogens is 2. The molecule has 0 N–H and O–H groups in total. The minimum absolute atomic E-state index is 0.257. The van der Waals surface area contributed by atoms with Crippen LogP contribution in [0.3, 0.4) is 0 Å². The van der Waals surface area contributed by atoms with Crippen LogP contribution < -0.4 is 4.90 Å². The molecule has 1 aliphatic heterocycles. The predicted octanol–water partition coefficient (Wildman–Crippen LogP) is 1.67. The van der Waals surface area contributed by atoms with E-state index in [0.29, 0.717) is 17.8 Å². The molecule has 1 atom stereocenters. The molecule has 16 heavy (non-hydrogen) atoms. The molecule has 1 aliphatic rings. The van der Waals surface area contributed by atoms with E-state index in [1.165, 1.54) is 6.42 Å². The second-order valence-electron chi connectivity index (χ2n) is 4.08. The molecule has 1 aromatic rings. The van der Waals surface area contributed by atoms with Crippen LogP contribution >= 0.6 is 11.6 Å². The summed E-state index contributed by atoms with van der Waals surface area (Å²) < 4.78 is 10.8. The summed E-state index contributed by atoms with van der Waals surface area (Å²) in [6.45, 7) is 2.59. The molecule has 0 radical (unpaired) electrons. The first-order chi connectivity index (χ1) is 7.79. The Labute approximate surface area is 99.7 Å². The fraction of sp³-hybridized carbons (Fsp3) is 0.800. The lowest BCUT2D eigenvalue weighted by Crippen LogP contribution is -2.31. The van der Waals surface area contributed by atoms with Crippen molar-refractivity contribution in [3.63, 3.8) is 0 Å². The van der Waals surface area contributed by atoms with Gasteiger partial charge in [-0.25, -0.2) is 0 Å². The molecule has 1 saturated heterocycles. The van der Waals surface area contributed by atoms with Crippen molar-refractivity contribution in [2.24, 2.45) is 5.92 Å². The molecule has 0 bridgehead atoms. The van der Waals surface area contributed by atoms with Gasteiger partial charge in [0.05, 0.1) is 6.61 Å². The van der Waals surface area contributed by atoms with Crippen molar-refractivity contribution in [1.82, 2.24) is 10.2 Å². The first-order valence-electron chi connectivity index (χ1n) is 5.47. The number of alkyl halides is 1. The molecule has 1 aromatic heterocycles. The number of anilines is 1. The molecule has 6 heteroatoms.